The molecule has 1 aromatic carbocycles. The van der Waals surface area contributed by atoms with E-state index in [1.807, 2.05) is 0 Å². The van der Waals surface area contributed by atoms with E-state index in [0.717, 1.165) is 6.07 Å². The number of rotatable bonds is 4. The van der Waals surface area contributed by atoms with Crippen molar-refractivity contribution in [1.82, 2.24) is 0 Å². The maximum absolute atomic E-state index is 13.4. The van der Waals surface area contributed by atoms with Crippen LogP contribution in [-0.2, 0) is 4.79 Å². The average Bonchev–Trinajstić information content (AvgIpc) is 2.42. The molecule has 0 saturated heterocycles. The van der Waals surface area contributed by atoms with Gasteiger partial charge in [0.05, 0.1) is 21.0 Å². The standard InChI is InChI=1S/C14H15BrClFO4/c15-9-5-10(16)11(17)6-12(9)21-7-14(20)3-1-8(2-4-14)13(18)19/h5-6,8,20H,1-4,7H2,(H,18,19). The van der Waals surface area contributed by atoms with E-state index in [1.165, 1.54) is 6.07 Å². The number of carboxylic acid groups (broad SMARTS) is 1. The van der Waals surface area contributed by atoms with Gasteiger partial charge in [0.2, 0.25) is 0 Å². The predicted octanol–water partition coefficient (Wildman–Crippen LogP) is 3.63. The Morgan fingerprint density at radius 1 is 1.48 bits per heavy atom. The largest absolute Gasteiger partial charge is 0.489 e. The highest BCUT2D eigenvalue weighted by Gasteiger charge is 2.36. The zero-order chi connectivity index (χ0) is 15.6. The number of hydrogen-bond acceptors (Lipinski definition) is 3. The first-order chi connectivity index (χ1) is 9.81. The molecule has 0 aliphatic heterocycles. The van der Waals surface area contributed by atoms with E-state index >= 15 is 0 Å². The molecule has 4 nitrogen and oxygen atoms in total. The molecule has 1 fully saturated rings. The predicted molar refractivity (Wildman–Crippen MR) is 79.1 cm³/mol. The lowest BCUT2D eigenvalue weighted by atomic mass is 9.79. The van der Waals surface area contributed by atoms with Crippen LogP contribution in [0.3, 0.4) is 0 Å². The van der Waals surface area contributed by atoms with Crippen molar-refractivity contribution in [3.63, 3.8) is 0 Å². The van der Waals surface area contributed by atoms with E-state index in [4.69, 9.17) is 21.4 Å². The highest BCUT2D eigenvalue weighted by molar-refractivity contribution is 9.10. The van der Waals surface area contributed by atoms with Gasteiger partial charge in [-0.3, -0.25) is 4.79 Å². The molecule has 1 aliphatic rings. The number of aliphatic hydroxyl groups is 1. The van der Waals surface area contributed by atoms with Crippen LogP contribution in [0.1, 0.15) is 25.7 Å². The maximum Gasteiger partial charge on any atom is 0.306 e. The quantitative estimate of drug-likeness (QED) is 0.782. The number of carboxylic acids is 1. The third-order valence-corrected chi connectivity index (χ3v) is 4.65. The minimum absolute atomic E-state index is 0.0149. The van der Waals surface area contributed by atoms with Gasteiger partial charge in [-0.15, -0.1) is 0 Å². The number of benzene rings is 1. The summed E-state index contributed by atoms with van der Waals surface area (Å²) in [5.41, 5.74) is -1.08. The molecule has 0 bridgehead atoms. The molecule has 0 atom stereocenters. The van der Waals surface area contributed by atoms with E-state index in [2.05, 4.69) is 15.9 Å². The van der Waals surface area contributed by atoms with Crippen LogP contribution < -0.4 is 4.74 Å². The van der Waals surface area contributed by atoms with Crippen LogP contribution in [-0.4, -0.2) is 28.4 Å². The first-order valence-corrected chi connectivity index (χ1v) is 7.70. The second kappa shape index (κ2) is 6.50. The maximum atomic E-state index is 13.4. The molecule has 7 heteroatoms. The summed E-state index contributed by atoms with van der Waals surface area (Å²) in [5, 5.41) is 19.3. The van der Waals surface area contributed by atoms with Gasteiger partial charge in [-0.05, 0) is 47.7 Å². The van der Waals surface area contributed by atoms with Gasteiger partial charge >= 0.3 is 5.97 Å². The molecule has 0 spiro atoms. The Balaban J connectivity index is 1.97. The molecular weight excluding hydrogens is 367 g/mol. The molecule has 21 heavy (non-hydrogen) atoms. The van der Waals surface area contributed by atoms with Crippen molar-refractivity contribution in [3.05, 3.63) is 27.4 Å². The van der Waals surface area contributed by atoms with Gasteiger partial charge in [-0.25, -0.2) is 4.39 Å². The fraction of sp³-hybridized carbons (Fsp3) is 0.500. The van der Waals surface area contributed by atoms with Crippen molar-refractivity contribution in [1.29, 1.82) is 0 Å². The van der Waals surface area contributed by atoms with Crippen LogP contribution >= 0.6 is 27.5 Å². The van der Waals surface area contributed by atoms with Crippen molar-refractivity contribution < 1.29 is 24.1 Å². The summed E-state index contributed by atoms with van der Waals surface area (Å²) in [6, 6.07) is 2.54. The Kier molecular flexibility index (Phi) is 5.11. The van der Waals surface area contributed by atoms with Gasteiger partial charge in [0.15, 0.2) is 0 Å². The molecule has 0 amide bonds. The summed E-state index contributed by atoms with van der Waals surface area (Å²) in [5.74, 6) is -1.59. The van der Waals surface area contributed by atoms with Crippen molar-refractivity contribution in [2.45, 2.75) is 31.3 Å². The van der Waals surface area contributed by atoms with Gasteiger partial charge < -0.3 is 14.9 Å². The monoisotopic (exact) mass is 380 g/mol. The number of aliphatic carboxylic acids is 1. The molecule has 0 heterocycles. The van der Waals surface area contributed by atoms with Gasteiger partial charge in [0.1, 0.15) is 18.2 Å². The normalized spacial score (nSPS) is 25.6. The summed E-state index contributed by atoms with van der Waals surface area (Å²) in [4.78, 5) is 10.9. The number of halogens is 3. The van der Waals surface area contributed by atoms with E-state index < -0.39 is 23.3 Å². The van der Waals surface area contributed by atoms with E-state index in [1.54, 1.807) is 0 Å². The van der Waals surface area contributed by atoms with Crippen LogP contribution in [0.25, 0.3) is 0 Å². The van der Waals surface area contributed by atoms with Gasteiger partial charge in [0, 0.05) is 6.07 Å². The van der Waals surface area contributed by atoms with Gasteiger partial charge in [-0.1, -0.05) is 11.6 Å². The second-order valence-corrected chi connectivity index (χ2v) is 6.58. The van der Waals surface area contributed by atoms with Crippen molar-refractivity contribution in [2.24, 2.45) is 5.92 Å². The van der Waals surface area contributed by atoms with Crippen molar-refractivity contribution >= 4 is 33.5 Å². The fourth-order valence-electron chi connectivity index (χ4n) is 2.37. The van der Waals surface area contributed by atoms with Crippen LogP contribution in [0.5, 0.6) is 5.75 Å². The first-order valence-electron chi connectivity index (χ1n) is 6.53. The number of carbonyl (C=O) groups is 1. The SMILES string of the molecule is O=C(O)C1CCC(O)(COc2cc(F)c(Cl)cc2Br)CC1. The van der Waals surface area contributed by atoms with Crippen LogP contribution in [0.4, 0.5) is 4.39 Å². The highest BCUT2D eigenvalue weighted by Crippen LogP contribution is 2.35. The first kappa shape index (κ1) is 16.5. The summed E-state index contributed by atoms with van der Waals surface area (Å²) < 4.78 is 19.4. The van der Waals surface area contributed by atoms with Gasteiger partial charge in [0.25, 0.3) is 0 Å². The zero-order valence-electron chi connectivity index (χ0n) is 11.1. The van der Waals surface area contributed by atoms with Crippen molar-refractivity contribution in [2.75, 3.05) is 6.61 Å². The van der Waals surface area contributed by atoms with Crippen LogP contribution in [0, 0.1) is 11.7 Å². The molecule has 116 valence electrons. The Bertz CT molecular complexity index is 544. The Labute approximate surface area is 135 Å². The van der Waals surface area contributed by atoms with Crippen LogP contribution in [0.2, 0.25) is 5.02 Å². The second-order valence-electron chi connectivity index (χ2n) is 5.32. The Morgan fingerprint density at radius 2 is 2.10 bits per heavy atom. The number of ether oxygens (including phenoxy) is 1. The third-order valence-electron chi connectivity index (χ3n) is 3.74. The molecule has 0 radical (unpaired) electrons. The summed E-state index contributed by atoms with van der Waals surface area (Å²) in [6.45, 7) is -0.0149. The topological polar surface area (TPSA) is 66.8 Å². The lowest BCUT2D eigenvalue weighted by molar-refractivity contribution is -0.145. The summed E-state index contributed by atoms with van der Waals surface area (Å²) >= 11 is 8.86. The molecule has 1 saturated carbocycles. The van der Waals surface area contributed by atoms with E-state index in [0.29, 0.717) is 30.2 Å². The Hall–Kier alpha value is -0.850. The molecule has 2 N–H and O–H groups in total. The minimum atomic E-state index is -1.08. The van der Waals surface area contributed by atoms with Crippen molar-refractivity contribution in [3.8, 4) is 5.75 Å². The number of hydrogen-bond donors (Lipinski definition) is 2. The minimum Gasteiger partial charge on any atom is -0.489 e. The summed E-state index contributed by atoms with van der Waals surface area (Å²) in [7, 11) is 0. The average molecular weight is 382 g/mol. The molecule has 0 aromatic heterocycles. The lowest BCUT2D eigenvalue weighted by Gasteiger charge is -2.34. The third kappa shape index (κ3) is 4.08. The molecule has 2 rings (SSSR count). The van der Waals surface area contributed by atoms with Gasteiger partial charge in [-0.2, -0.15) is 0 Å². The molecule has 1 aliphatic carbocycles. The van der Waals surface area contributed by atoms with E-state index in [9.17, 15) is 14.3 Å². The summed E-state index contributed by atoms with van der Waals surface area (Å²) in [6.07, 6.45) is 1.51. The molecular formula is C14H15BrClFO4. The van der Waals surface area contributed by atoms with E-state index in [-0.39, 0.29) is 17.4 Å². The zero-order valence-corrected chi connectivity index (χ0v) is 13.5. The smallest absolute Gasteiger partial charge is 0.306 e. The molecule has 1 aromatic rings. The van der Waals surface area contributed by atoms with Crippen LogP contribution in [0.15, 0.2) is 16.6 Å². The Morgan fingerprint density at radius 3 is 2.67 bits per heavy atom. The molecule has 0 unspecified atom stereocenters. The highest BCUT2D eigenvalue weighted by atomic mass is 79.9. The lowest BCUT2D eigenvalue weighted by Crippen LogP contribution is -2.41. The fourth-order valence-corrected chi connectivity index (χ4v) is 3.13.